The van der Waals surface area contributed by atoms with Gasteiger partial charge in [0.05, 0.1) is 6.54 Å². The van der Waals surface area contributed by atoms with Crippen LogP contribution in [0.4, 0.5) is 4.39 Å². The minimum Gasteiger partial charge on any atom is -0.343 e. The van der Waals surface area contributed by atoms with Gasteiger partial charge in [-0.05, 0) is 31.5 Å². The van der Waals surface area contributed by atoms with E-state index in [0.717, 1.165) is 18.9 Å². The average Bonchev–Trinajstić information content (AvgIpc) is 2.45. The van der Waals surface area contributed by atoms with Gasteiger partial charge in [0, 0.05) is 18.7 Å². The lowest BCUT2D eigenvalue weighted by Crippen LogP contribution is -2.40. The van der Waals surface area contributed by atoms with Gasteiger partial charge in [0.1, 0.15) is 5.82 Å². The molecule has 0 aliphatic rings. The van der Waals surface area contributed by atoms with Crippen LogP contribution in [-0.4, -0.2) is 36.3 Å². The third-order valence-electron chi connectivity index (χ3n) is 3.00. The Hall–Kier alpha value is -1.91. The van der Waals surface area contributed by atoms with Crippen molar-refractivity contribution in [1.29, 1.82) is 0 Å². The fraction of sp³-hybridized carbons (Fsp3) is 0.467. The summed E-state index contributed by atoms with van der Waals surface area (Å²) in [6, 6.07) is 5.39. The van der Waals surface area contributed by atoms with E-state index in [1.165, 1.54) is 18.2 Å². The van der Waals surface area contributed by atoms with E-state index in [9.17, 15) is 14.0 Å². The third-order valence-corrected chi connectivity index (χ3v) is 3.00. The summed E-state index contributed by atoms with van der Waals surface area (Å²) in [5.74, 6) is -1.03. The predicted molar refractivity (Wildman–Crippen MR) is 75.9 cm³/mol. The zero-order valence-corrected chi connectivity index (χ0v) is 12.0. The molecule has 0 saturated carbocycles. The second kappa shape index (κ2) is 8.30. The SMILES string of the molecule is CCCCN(CC)C(=O)CNC(=O)c1cccc(F)c1. The van der Waals surface area contributed by atoms with Gasteiger partial charge in [0.2, 0.25) is 5.91 Å². The van der Waals surface area contributed by atoms with E-state index in [1.54, 1.807) is 4.90 Å². The Morgan fingerprint density at radius 2 is 2.05 bits per heavy atom. The van der Waals surface area contributed by atoms with Gasteiger partial charge in [-0.1, -0.05) is 19.4 Å². The van der Waals surface area contributed by atoms with Crippen LogP contribution in [0.2, 0.25) is 0 Å². The topological polar surface area (TPSA) is 49.4 Å². The van der Waals surface area contributed by atoms with Gasteiger partial charge >= 0.3 is 0 Å². The Morgan fingerprint density at radius 1 is 1.30 bits per heavy atom. The highest BCUT2D eigenvalue weighted by molar-refractivity contribution is 5.96. The lowest BCUT2D eigenvalue weighted by atomic mass is 10.2. The molecule has 0 spiro atoms. The van der Waals surface area contributed by atoms with Crippen molar-refractivity contribution in [1.82, 2.24) is 10.2 Å². The first-order chi connectivity index (χ1) is 9.58. The number of likely N-dealkylation sites (N-methyl/N-ethyl adjacent to an activating group) is 1. The Kier molecular flexibility index (Phi) is 6.70. The zero-order chi connectivity index (χ0) is 15.0. The molecule has 0 aliphatic heterocycles. The number of hydrogen-bond donors (Lipinski definition) is 1. The maximum Gasteiger partial charge on any atom is 0.251 e. The highest BCUT2D eigenvalue weighted by Crippen LogP contribution is 2.03. The van der Waals surface area contributed by atoms with E-state index in [0.29, 0.717) is 13.1 Å². The minimum absolute atomic E-state index is 0.0626. The smallest absolute Gasteiger partial charge is 0.251 e. The summed E-state index contributed by atoms with van der Waals surface area (Å²) in [7, 11) is 0. The van der Waals surface area contributed by atoms with Crippen molar-refractivity contribution in [3.05, 3.63) is 35.6 Å². The molecule has 0 heterocycles. The molecular weight excluding hydrogens is 259 g/mol. The van der Waals surface area contributed by atoms with E-state index >= 15 is 0 Å². The molecule has 4 nitrogen and oxygen atoms in total. The number of rotatable bonds is 7. The molecule has 0 unspecified atom stereocenters. The molecule has 1 N–H and O–H groups in total. The zero-order valence-electron chi connectivity index (χ0n) is 12.0. The van der Waals surface area contributed by atoms with E-state index in [2.05, 4.69) is 12.2 Å². The van der Waals surface area contributed by atoms with Crippen molar-refractivity contribution in [3.63, 3.8) is 0 Å². The summed E-state index contributed by atoms with van der Waals surface area (Å²) in [5, 5.41) is 2.52. The Balaban J connectivity index is 2.49. The first kappa shape index (κ1) is 16.1. The summed E-state index contributed by atoms with van der Waals surface area (Å²) >= 11 is 0. The molecule has 2 amide bonds. The molecule has 0 aliphatic carbocycles. The number of benzene rings is 1. The number of hydrogen-bond acceptors (Lipinski definition) is 2. The largest absolute Gasteiger partial charge is 0.343 e. The Labute approximate surface area is 119 Å². The quantitative estimate of drug-likeness (QED) is 0.832. The second-order valence-electron chi connectivity index (χ2n) is 4.52. The highest BCUT2D eigenvalue weighted by Gasteiger charge is 2.13. The minimum atomic E-state index is -0.470. The van der Waals surface area contributed by atoms with Gasteiger partial charge in [-0.3, -0.25) is 9.59 Å². The number of nitrogens with zero attached hydrogens (tertiary/aromatic N) is 1. The molecule has 0 bridgehead atoms. The van der Waals surface area contributed by atoms with Crippen molar-refractivity contribution < 1.29 is 14.0 Å². The molecular formula is C15H21FN2O2. The van der Waals surface area contributed by atoms with Crippen LogP contribution in [0.15, 0.2) is 24.3 Å². The van der Waals surface area contributed by atoms with Crippen molar-refractivity contribution in [2.75, 3.05) is 19.6 Å². The van der Waals surface area contributed by atoms with E-state index < -0.39 is 11.7 Å². The normalized spacial score (nSPS) is 10.2. The molecule has 5 heteroatoms. The van der Waals surface area contributed by atoms with Crippen molar-refractivity contribution in [2.45, 2.75) is 26.7 Å². The number of nitrogens with one attached hydrogen (secondary N) is 1. The maximum atomic E-state index is 13.0. The van der Waals surface area contributed by atoms with Crippen LogP contribution in [0, 0.1) is 5.82 Å². The van der Waals surface area contributed by atoms with Crippen molar-refractivity contribution in [2.24, 2.45) is 0 Å². The first-order valence-corrected chi connectivity index (χ1v) is 6.90. The number of halogens is 1. The first-order valence-electron chi connectivity index (χ1n) is 6.90. The van der Waals surface area contributed by atoms with Crippen LogP contribution in [0.1, 0.15) is 37.0 Å². The lowest BCUT2D eigenvalue weighted by Gasteiger charge is -2.20. The fourth-order valence-electron chi connectivity index (χ4n) is 1.81. The molecule has 1 aromatic rings. The van der Waals surface area contributed by atoms with Crippen LogP contribution in [0.5, 0.6) is 0 Å². The Bertz CT molecular complexity index is 463. The Morgan fingerprint density at radius 3 is 2.65 bits per heavy atom. The van der Waals surface area contributed by atoms with Gasteiger partial charge < -0.3 is 10.2 Å². The van der Waals surface area contributed by atoms with Gasteiger partial charge in [-0.2, -0.15) is 0 Å². The van der Waals surface area contributed by atoms with Crippen LogP contribution >= 0.6 is 0 Å². The summed E-state index contributed by atoms with van der Waals surface area (Å²) in [6.45, 7) is 5.22. The fourth-order valence-corrected chi connectivity index (χ4v) is 1.81. The van der Waals surface area contributed by atoms with Gasteiger partial charge in [0.15, 0.2) is 0 Å². The summed E-state index contributed by atoms with van der Waals surface area (Å²) in [4.78, 5) is 25.4. The number of carbonyl (C=O) groups excluding carboxylic acids is 2. The van der Waals surface area contributed by atoms with Gasteiger partial charge in [-0.15, -0.1) is 0 Å². The molecule has 0 atom stereocenters. The predicted octanol–water partition coefficient (Wildman–Crippen LogP) is 2.20. The molecule has 110 valence electrons. The lowest BCUT2D eigenvalue weighted by molar-refractivity contribution is -0.130. The second-order valence-corrected chi connectivity index (χ2v) is 4.52. The van der Waals surface area contributed by atoms with Crippen LogP contribution in [-0.2, 0) is 4.79 Å². The van der Waals surface area contributed by atoms with Crippen molar-refractivity contribution >= 4 is 11.8 Å². The van der Waals surface area contributed by atoms with Gasteiger partial charge in [-0.25, -0.2) is 4.39 Å². The molecule has 1 aromatic carbocycles. The van der Waals surface area contributed by atoms with Crippen molar-refractivity contribution in [3.8, 4) is 0 Å². The molecule has 1 rings (SSSR count). The number of amides is 2. The molecule has 0 aromatic heterocycles. The van der Waals surface area contributed by atoms with Crippen LogP contribution in [0.25, 0.3) is 0 Å². The number of carbonyl (C=O) groups is 2. The maximum absolute atomic E-state index is 13.0. The molecule has 0 radical (unpaired) electrons. The summed E-state index contributed by atoms with van der Waals surface area (Å²) < 4.78 is 13.0. The monoisotopic (exact) mass is 280 g/mol. The third kappa shape index (κ3) is 4.99. The van der Waals surface area contributed by atoms with E-state index in [1.807, 2.05) is 6.92 Å². The van der Waals surface area contributed by atoms with Gasteiger partial charge in [0.25, 0.3) is 5.91 Å². The van der Waals surface area contributed by atoms with E-state index in [-0.39, 0.29) is 18.0 Å². The standard InChI is InChI=1S/C15H21FN2O2/c1-3-5-9-18(4-2)14(19)11-17-15(20)12-7-6-8-13(16)10-12/h6-8,10H,3-5,9,11H2,1-2H3,(H,17,20). The highest BCUT2D eigenvalue weighted by atomic mass is 19.1. The summed E-state index contributed by atoms with van der Waals surface area (Å²) in [6.07, 6.45) is 1.96. The summed E-state index contributed by atoms with van der Waals surface area (Å²) in [5.41, 5.74) is 0.217. The molecule has 0 saturated heterocycles. The average molecular weight is 280 g/mol. The molecule has 20 heavy (non-hydrogen) atoms. The number of unbranched alkanes of at least 4 members (excludes halogenated alkanes) is 1. The van der Waals surface area contributed by atoms with Crippen LogP contribution in [0.3, 0.4) is 0 Å². The van der Waals surface area contributed by atoms with Crippen LogP contribution < -0.4 is 5.32 Å². The molecule has 0 fully saturated rings. The van der Waals surface area contributed by atoms with E-state index in [4.69, 9.17) is 0 Å².